The molecule has 3 aromatic rings. The molecule has 2 heterocycles. The SMILES string of the molecule is O=C(Nc1ccc(F)cc1F)c1cccc(Oc2ncccc2Cl)n1. The molecular weight excluding hydrogens is 352 g/mol. The topological polar surface area (TPSA) is 64.1 Å². The van der Waals surface area contributed by atoms with Gasteiger partial charge in [0.15, 0.2) is 0 Å². The number of aromatic nitrogens is 2. The third kappa shape index (κ3) is 4.07. The van der Waals surface area contributed by atoms with E-state index in [1.165, 1.54) is 24.4 Å². The minimum absolute atomic E-state index is 0.0201. The van der Waals surface area contributed by atoms with Crippen molar-refractivity contribution >= 4 is 23.2 Å². The number of benzene rings is 1. The van der Waals surface area contributed by atoms with Gasteiger partial charge in [-0.15, -0.1) is 0 Å². The molecule has 1 aromatic carbocycles. The van der Waals surface area contributed by atoms with E-state index in [1.807, 2.05) is 0 Å². The normalized spacial score (nSPS) is 10.4. The van der Waals surface area contributed by atoms with E-state index in [4.69, 9.17) is 16.3 Å². The van der Waals surface area contributed by atoms with Crippen molar-refractivity contribution in [3.63, 3.8) is 0 Å². The number of nitrogens with zero attached hydrogens (tertiary/aromatic N) is 2. The Balaban J connectivity index is 1.79. The summed E-state index contributed by atoms with van der Waals surface area (Å²) in [5.74, 6) is -2.08. The van der Waals surface area contributed by atoms with Crippen LogP contribution in [0.25, 0.3) is 0 Å². The molecule has 2 aromatic heterocycles. The minimum Gasteiger partial charge on any atom is -0.419 e. The van der Waals surface area contributed by atoms with Crippen LogP contribution in [0, 0.1) is 11.6 Å². The van der Waals surface area contributed by atoms with Crippen LogP contribution < -0.4 is 10.1 Å². The van der Waals surface area contributed by atoms with Crippen molar-refractivity contribution in [3.05, 3.63) is 77.1 Å². The Hall–Kier alpha value is -3.06. The van der Waals surface area contributed by atoms with E-state index in [0.717, 1.165) is 12.1 Å². The van der Waals surface area contributed by atoms with Gasteiger partial charge in [-0.3, -0.25) is 4.79 Å². The molecule has 0 spiro atoms. The van der Waals surface area contributed by atoms with Gasteiger partial charge in [-0.2, -0.15) is 0 Å². The zero-order valence-corrected chi connectivity index (χ0v) is 13.3. The molecule has 1 amide bonds. The monoisotopic (exact) mass is 361 g/mol. The fourth-order valence-corrected chi connectivity index (χ4v) is 2.08. The van der Waals surface area contributed by atoms with E-state index in [2.05, 4.69) is 15.3 Å². The molecular formula is C17H10ClF2N3O2. The molecule has 0 fully saturated rings. The van der Waals surface area contributed by atoms with Crippen LogP contribution in [0.4, 0.5) is 14.5 Å². The van der Waals surface area contributed by atoms with Gasteiger partial charge in [-0.05, 0) is 30.3 Å². The number of halogens is 3. The average Bonchev–Trinajstić information content (AvgIpc) is 2.60. The van der Waals surface area contributed by atoms with Crippen LogP contribution in [0.5, 0.6) is 11.8 Å². The van der Waals surface area contributed by atoms with Crippen LogP contribution in [0.3, 0.4) is 0 Å². The summed E-state index contributed by atoms with van der Waals surface area (Å²) in [5.41, 5.74) is -0.180. The van der Waals surface area contributed by atoms with E-state index in [1.54, 1.807) is 12.1 Å². The fraction of sp³-hybridized carbons (Fsp3) is 0. The number of pyridine rings is 2. The average molecular weight is 362 g/mol. The standard InChI is InChI=1S/C17H10ClF2N3O2/c18-11-3-2-8-21-17(11)25-15-5-1-4-14(22-15)16(24)23-13-7-6-10(19)9-12(13)20/h1-9H,(H,23,24). The maximum atomic E-state index is 13.6. The maximum Gasteiger partial charge on any atom is 0.274 e. The zero-order valence-electron chi connectivity index (χ0n) is 12.5. The Labute approximate surface area is 146 Å². The number of amides is 1. The molecule has 0 saturated heterocycles. The largest absolute Gasteiger partial charge is 0.419 e. The number of hydrogen-bond donors (Lipinski definition) is 1. The molecule has 5 nitrogen and oxygen atoms in total. The van der Waals surface area contributed by atoms with Gasteiger partial charge in [0.2, 0.25) is 11.8 Å². The summed E-state index contributed by atoms with van der Waals surface area (Å²) in [6.07, 6.45) is 1.50. The van der Waals surface area contributed by atoms with E-state index >= 15 is 0 Å². The number of rotatable bonds is 4. The molecule has 0 atom stereocenters. The van der Waals surface area contributed by atoms with Crippen molar-refractivity contribution in [2.45, 2.75) is 0 Å². The predicted octanol–water partition coefficient (Wildman–Crippen LogP) is 4.45. The van der Waals surface area contributed by atoms with Gasteiger partial charge in [0.25, 0.3) is 5.91 Å². The van der Waals surface area contributed by atoms with Gasteiger partial charge in [0.1, 0.15) is 22.4 Å². The highest BCUT2D eigenvalue weighted by atomic mass is 35.5. The lowest BCUT2D eigenvalue weighted by atomic mass is 10.2. The van der Waals surface area contributed by atoms with Crippen molar-refractivity contribution in [3.8, 4) is 11.8 Å². The van der Waals surface area contributed by atoms with E-state index < -0.39 is 17.5 Å². The molecule has 1 N–H and O–H groups in total. The molecule has 25 heavy (non-hydrogen) atoms. The van der Waals surface area contributed by atoms with Gasteiger partial charge in [-0.1, -0.05) is 17.7 Å². The summed E-state index contributed by atoms with van der Waals surface area (Å²) >= 11 is 5.95. The molecule has 0 unspecified atom stereocenters. The molecule has 8 heteroatoms. The van der Waals surface area contributed by atoms with E-state index in [9.17, 15) is 13.6 Å². The highest BCUT2D eigenvalue weighted by Gasteiger charge is 2.13. The van der Waals surface area contributed by atoms with Crippen LogP contribution in [0.15, 0.2) is 54.7 Å². The molecule has 0 aliphatic carbocycles. The smallest absolute Gasteiger partial charge is 0.274 e. The van der Waals surface area contributed by atoms with Crippen LogP contribution >= 0.6 is 11.6 Å². The number of carbonyl (C=O) groups excluding carboxylic acids is 1. The van der Waals surface area contributed by atoms with Gasteiger partial charge in [-0.25, -0.2) is 18.7 Å². The Morgan fingerprint density at radius 1 is 1.12 bits per heavy atom. The first-order valence-corrected chi connectivity index (χ1v) is 7.42. The van der Waals surface area contributed by atoms with Gasteiger partial charge < -0.3 is 10.1 Å². The predicted molar refractivity (Wildman–Crippen MR) is 87.9 cm³/mol. The first-order valence-electron chi connectivity index (χ1n) is 7.05. The lowest BCUT2D eigenvalue weighted by molar-refractivity contribution is 0.102. The number of hydrogen-bond acceptors (Lipinski definition) is 4. The summed E-state index contributed by atoms with van der Waals surface area (Å²) in [6, 6.07) is 10.5. The summed E-state index contributed by atoms with van der Waals surface area (Å²) in [5, 5.41) is 2.60. The van der Waals surface area contributed by atoms with Crippen molar-refractivity contribution in [2.24, 2.45) is 0 Å². The highest BCUT2D eigenvalue weighted by molar-refractivity contribution is 6.31. The van der Waals surface area contributed by atoms with Gasteiger partial charge in [0.05, 0.1) is 5.69 Å². The number of carbonyl (C=O) groups is 1. The number of nitrogens with one attached hydrogen (secondary N) is 1. The third-order valence-electron chi connectivity index (χ3n) is 3.06. The Morgan fingerprint density at radius 2 is 1.96 bits per heavy atom. The van der Waals surface area contributed by atoms with Gasteiger partial charge in [0, 0.05) is 18.3 Å². The maximum absolute atomic E-state index is 13.6. The fourth-order valence-electron chi connectivity index (χ4n) is 1.92. The molecule has 0 saturated carbocycles. The molecule has 0 aliphatic rings. The summed E-state index contributed by atoms with van der Waals surface area (Å²) < 4.78 is 31.9. The number of anilines is 1. The van der Waals surface area contributed by atoms with E-state index in [-0.39, 0.29) is 28.2 Å². The highest BCUT2D eigenvalue weighted by Crippen LogP contribution is 2.25. The van der Waals surface area contributed by atoms with Crippen molar-refractivity contribution in [2.75, 3.05) is 5.32 Å². The molecule has 0 aliphatic heterocycles. The second kappa shape index (κ2) is 7.23. The lowest BCUT2D eigenvalue weighted by Crippen LogP contribution is -2.15. The van der Waals surface area contributed by atoms with Crippen LogP contribution in [0.2, 0.25) is 5.02 Å². The Kier molecular flexibility index (Phi) is 4.85. The first-order chi connectivity index (χ1) is 12.0. The van der Waals surface area contributed by atoms with Gasteiger partial charge >= 0.3 is 0 Å². The Morgan fingerprint density at radius 3 is 2.72 bits per heavy atom. The van der Waals surface area contributed by atoms with Crippen molar-refractivity contribution in [1.82, 2.24) is 9.97 Å². The molecule has 126 valence electrons. The van der Waals surface area contributed by atoms with Crippen LogP contribution in [-0.2, 0) is 0 Å². The zero-order chi connectivity index (χ0) is 17.8. The number of ether oxygens (including phenoxy) is 1. The lowest BCUT2D eigenvalue weighted by Gasteiger charge is -2.08. The van der Waals surface area contributed by atoms with Crippen LogP contribution in [-0.4, -0.2) is 15.9 Å². The Bertz CT molecular complexity index is 937. The van der Waals surface area contributed by atoms with Crippen molar-refractivity contribution < 1.29 is 18.3 Å². The van der Waals surface area contributed by atoms with Crippen LogP contribution in [0.1, 0.15) is 10.5 Å². The summed E-state index contributed by atoms with van der Waals surface area (Å²) in [4.78, 5) is 20.2. The first kappa shape index (κ1) is 16.8. The summed E-state index contributed by atoms with van der Waals surface area (Å²) in [6.45, 7) is 0. The van der Waals surface area contributed by atoms with E-state index in [0.29, 0.717) is 6.07 Å². The second-order valence-corrected chi connectivity index (χ2v) is 5.24. The second-order valence-electron chi connectivity index (χ2n) is 4.83. The minimum atomic E-state index is -0.888. The quantitative estimate of drug-likeness (QED) is 0.745. The molecule has 0 radical (unpaired) electrons. The summed E-state index contributed by atoms with van der Waals surface area (Å²) in [7, 11) is 0. The van der Waals surface area contributed by atoms with Crippen molar-refractivity contribution in [1.29, 1.82) is 0 Å². The molecule has 0 bridgehead atoms. The third-order valence-corrected chi connectivity index (χ3v) is 3.35. The molecule has 3 rings (SSSR count).